The van der Waals surface area contributed by atoms with Gasteiger partial charge in [-0.05, 0) is 19.8 Å². The Hall–Kier alpha value is -0.255. The minimum atomic E-state index is -6.00. The van der Waals surface area contributed by atoms with Gasteiger partial charge >= 0.3 is 7.25 Å². The average Bonchev–Trinajstić information content (AvgIpc) is 2.53. The number of halogens is 4. The highest BCUT2D eigenvalue weighted by atomic mass is 19.5. The van der Waals surface area contributed by atoms with E-state index < -0.39 is 7.25 Å². The van der Waals surface area contributed by atoms with Crippen molar-refractivity contribution in [3.8, 4) is 0 Å². The summed E-state index contributed by atoms with van der Waals surface area (Å²) in [5.41, 5.74) is 0. The molecule has 160 valence electrons. The van der Waals surface area contributed by atoms with Crippen molar-refractivity contribution in [1.29, 1.82) is 0 Å². The molecule has 0 aromatic rings. The normalized spacial score (nSPS) is 12.0. The predicted molar refractivity (Wildman–Crippen MR) is 108 cm³/mol. The van der Waals surface area contributed by atoms with Crippen LogP contribution in [0, 0.1) is 0 Å². The minimum Gasteiger partial charge on any atom is -0.418 e. The SMILES string of the molecule is CCCCCCCCCCCCCCCC[N+](C)(C)CC.F[B-](F)(F)F. The van der Waals surface area contributed by atoms with Crippen LogP contribution in [0.3, 0.4) is 0 Å². The monoisotopic (exact) mass is 385 g/mol. The van der Waals surface area contributed by atoms with Gasteiger partial charge in [0.05, 0.1) is 27.2 Å². The second kappa shape index (κ2) is 18.1. The summed E-state index contributed by atoms with van der Waals surface area (Å²) in [5.74, 6) is 0. The van der Waals surface area contributed by atoms with Crippen LogP contribution in [-0.4, -0.2) is 38.9 Å². The maximum Gasteiger partial charge on any atom is 0.673 e. The molecule has 0 aliphatic heterocycles. The molecule has 6 heteroatoms. The van der Waals surface area contributed by atoms with Crippen LogP contribution < -0.4 is 0 Å². The Bertz CT molecular complexity index is 277. The fourth-order valence-electron chi connectivity index (χ4n) is 2.89. The van der Waals surface area contributed by atoms with Crippen molar-refractivity contribution in [1.82, 2.24) is 0 Å². The van der Waals surface area contributed by atoms with Crippen molar-refractivity contribution in [2.45, 2.75) is 104 Å². The predicted octanol–water partition coefficient (Wildman–Crippen LogP) is 7.86. The first-order valence-corrected chi connectivity index (χ1v) is 10.8. The molecule has 0 unspecified atom stereocenters. The van der Waals surface area contributed by atoms with E-state index in [9.17, 15) is 17.3 Å². The van der Waals surface area contributed by atoms with Gasteiger partial charge in [-0.15, -0.1) is 0 Å². The van der Waals surface area contributed by atoms with Gasteiger partial charge in [0.2, 0.25) is 0 Å². The van der Waals surface area contributed by atoms with E-state index in [0.717, 1.165) is 0 Å². The Balaban J connectivity index is 0. The van der Waals surface area contributed by atoms with Gasteiger partial charge in [0.1, 0.15) is 0 Å². The van der Waals surface area contributed by atoms with E-state index >= 15 is 0 Å². The van der Waals surface area contributed by atoms with Gasteiger partial charge in [0.25, 0.3) is 0 Å². The fraction of sp³-hybridized carbons (Fsp3) is 1.00. The topological polar surface area (TPSA) is 0 Å². The first kappa shape index (κ1) is 28.0. The molecule has 0 aliphatic carbocycles. The molecule has 0 saturated carbocycles. The largest absolute Gasteiger partial charge is 0.673 e. The highest BCUT2D eigenvalue weighted by Crippen LogP contribution is 2.13. The first-order valence-electron chi connectivity index (χ1n) is 10.8. The van der Waals surface area contributed by atoms with E-state index in [2.05, 4.69) is 27.9 Å². The van der Waals surface area contributed by atoms with Gasteiger partial charge < -0.3 is 21.7 Å². The fourth-order valence-corrected chi connectivity index (χ4v) is 2.89. The standard InChI is InChI=1S/C20H44N.BF4/c1-5-7-8-9-10-11-12-13-14-15-16-17-18-19-20-21(3,4)6-2;2-1(3,4)5/h5-20H2,1-4H3;/q+1;-1. The van der Waals surface area contributed by atoms with Crippen molar-refractivity contribution in [3.05, 3.63) is 0 Å². The maximum absolute atomic E-state index is 9.75. The Morgan fingerprint density at radius 3 is 1.08 bits per heavy atom. The molecular weight excluding hydrogens is 341 g/mol. The maximum atomic E-state index is 9.75. The smallest absolute Gasteiger partial charge is 0.418 e. The van der Waals surface area contributed by atoms with Crippen molar-refractivity contribution in [2.24, 2.45) is 0 Å². The number of hydrogen-bond acceptors (Lipinski definition) is 0. The van der Waals surface area contributed by atoms with Crippen LogP contribution in [0.5, 0.6) is 0 Å². The number of unbranched alkanes of at least 4 members (excludes halogenated alkanes) is 13. The summed E-state index contributed by atoms with van der Waals surface area (Å²) in [6, 6.07) is 0. The van der Waals surface area contributed by atoms with Crippen molar-refractivity contribution in [3.63, 3.8) is 0 Å². The molecule has 0 aromatic carbocycles. The molecular formula is C20H44BF4N. The van der Waals surface area contributed by atoms with E-state index in [1.165, 1.54) is 107 Å². The van der Waals surface area contributed by atoms with Gasteiger partial charge in [-0.3, -0.25) is 0 Å². The molecule has 0 rings (SSSR count). The average molecular weight is 385 g/mol. The molecule has 0 N–H and O–H groups in total. The Morgan fingerprint density at radius 1 is 0.538 bits per heavy atom. The number of nitrogens with zero attached hydrogens (tertiary/aromatic N) is 1. The van der Waals surface area contributed by atoms with Crippen LogP contribution in [0.4, 0.5) is 17.3 Å². The molecule has 0 aliphatic rings. The number of hydrogen-bond donors (Lipinski definition) is 0. The zero-order valence-electron chi connectivity index (χ0n) is 17.9. The molecule has 0 aromatic heterocycles. The lowest BCUT2D eigenvalue weighted by atomic mass is 10.0. The highest BCUT2D eigenvalue weighted by Gasteiger charge is 2.20. The van der Waals surface area contributed by atoms with Gasteiger partial charge in [0.15, 0.2) is 0 Å². The number of quaternary nitrogens is 1. The van der Waals surface area contributed by atoms with Gasteiger partial charge in [0, 0.05) is 0 Å². The zero-order chi connectivity index (χ0) is 20.3. The summed E-state index contributed by atoms with van der Waals surface area (Å²) in [5, 5.41) is 0. The summed E-state index contributed by atoms with van der Waals surface area (Å²) in [7, 11) is -1.30. The summed E-state index contributed by atoms with van der Waals surface area (Å²) in [6.07, 6.45) is 20.4. The number of rotatable bonds is 16. The lowest BCUT2D eigenvalue weighted by Gasteiger charge is -2.28. The molecule has 1 nitrogen and oxygen atoms in total. The van der Waals surface area contributed by atoms with Crippen LogP contribution in [0.25, 0.3) is 0 Å². The van der Waals surface area contributed by atoms with Gasteiger partial charge in [-0.25, -0.2) is 0 Å². The highest BCUT2D eigenvalue weighted by molar-refractivity contribution is 6.50. The molecule has 0 saturated heterocycles. The Labute approximate surface area is 160 Å². The second-order valence-electron chi connectivity index (χ2n) is 8.07. The van der Waals surface area contributed by atoms with Crippen LogP contribution in [0.15, 0.2) is 0 Å². The molecule has 0 heterocycles. The minimum absolute atomic E-state index is 1.19. The third kappa shape index (κ3) is 31.5. The quantitative estimate of drug-likeness (QED) is 0.110. The van der Waals surface area contributed by atoms with Crippen molar-refractivity contribution < 1.29 is 21.7 Å². The lowest BCUT2D eigenvalue weighted by Crippen LogP contribution is -2.39. The van der Waals surface area contributed by atoms with Crippen LogP contribution >= 0.6 is 0 Å². The lowest BCUT2D eigenvalue weighted by molar-refractivity contribution is -0.888. The summed E-state index contributed by atoms with van der Waals surface area (Å²) in [6.45, 7) is 7.21. The molecule has 0 spiro atoms. The summed E-state index contributed by atoms with van der Waals surface area (Å²) < 4.78 is 40.2. The van der Waals surface area contributed by atoms with E-state index in [-0.39, 0.29) is 0 Å². The second-order valence-corrected chi connectivity index (χ2v) is 8.07. The zero-order valence-corrected chi connectivity index (χ0v) is 17.9. The van der Waals surface area contributed by atoms with Gasteiger partial charge in [-0.1, -0.05) is 84.0 Å². The Kier molecular flexibility index (Phi) is 19.5. The molecule has 0 atom stereocenters. The molecule has 0 fully saturated rings. The van der Waals surface area contributed by atoms with Crippen molar-refractivity contribution >= 4 is 7.25 Å². The van der Waals surface area contributed by atoms with Crippen LogP contribution in [-0.2, 0) is 0 Å². The van der Waals surface area contributed by atoms with E-state index in [1.807, 2.05) is 0 Å². The van der Waals surface area contributed by atoms with E-state index in [4.69, 9.17) is 0 Å². The third-order valence-electron chi connectivity index (χ3n) is 4.97. The Morgan fingerprint density at radius 2 is 0.808 bits per heavy atom. The van der Waals surface area contributed by atoms with Crippen molar-refractivity contribution in [2.75, 3.05) is 27.2 Å². The third-order valence-corrected chi connectivity index (χ3v) is 4.97. The van der Waals surface area contributed by atoms with E-state index in [1.54, 1.807) is 0 Å². The van der Waals surface area contributed by atoms with Gasteiger partial charge in [-0.2, -0.15) is 0 Å². The van der Waals surface area contributed by atoms with Crippen LogP contribution in [0.1, 0.15) is 104 Å². The molecule has 0 radical (unpaired) electrons. The van der Waals surface area contributed by atoms with Crippen LogP contribution in [0.2, 0.25) is 0 Å². The summed E-state index contributed by atoms with van der Waals surface area (Å²) in [4.78, 5) is 0. The molecule has 0 amide bonds. The first-order chi connectivity index (χ1) is 12.1. The molecule has 0 bridgehead atoms. The van der Waals surface area contributed by atoms with E-state index in [0.29, 0.717) is 0 Å². The molecule has 26 heavy (non-hydrogen) atoms. The summed E-state index contributed by atoms with van der Waals surface area (Å²) >= 11 is 0.